The number of benzene rings is 1. The van der Waals surface area contributed by atoms with Gasteiger partial charge < -0.3 is 18.8 Å². The minimum Gasteiger partial charge on any atom is -0.493 e. The molecule has 32 heavy (non-hydrogen) atoms. The van der Waals surface area contributed by atoms with Crippen molar-refractivity contribution in [2.24, 2.45) is 7.05 Å². The number of hydrogen-bond donors (Lipinski definition) is 0. The van der Waals surface area contributed by atoms with Crippen molar-refractivity contribution >= 4 is 16.9 Å². The predicted octanol–water partition coefficient (Wildman–Crippen LogP) is 3.87. The number of hydrogen-bond acceptors (Lipinski definition) is 6. The summed E-state index contributed by atoms with van der Waals surface area (Å²) < 4.78 is 17.9. The van der Waals surface area contributed by atoms with Gasteiger partial charge in [-0.25, -0.2) is 4.98 Å². The van der Waals surface area contributed by atoms with Crippen LogP contribution in [0.4, 0.5) is 0 Å². The Balaban J connectivity index is 1.63. The summed E-state index contributed by atoms with van der Waals surface area (Å²) in [6.07, 6.45) is 2.26. The van der Waals surface area contributed by atoms with Crippen molar-refractivity contribution < 1.29 is 18.7 Å². The van der Waals surface area contributed by atoms with Crippen molar-refractivity contribution in [3.05, 3.63) is 59.5 Å². The second-order valence-corrected chi connectivity index (χ2v) is 7.61. The van der Waals surface area contributed by atoms with Crippen molar-refractivity contribution in [1.82, 2.24) is 19.7 Å². The zero-order valence-corrected chi connectivity index (χ0v) is 18.9. The Bertz CT molecular complexity index is 1260. The standard InChI is InChI=1S/C24H26N4O4/c1-15-22-17(14-18(19-7-6-12-32-19)25-23(22)28(3)26-15)24(29)27(2)11-10-16-8-9-20(30-4)21(13-16)31-5/h6-9,12-14H,10-11H2,1-5H3. The van der Waals surface area contributed by atoms with E-state index in [4.69, 9.17) is 13.9 Å². The summed E-state index contributed by atoms with van der Waals surface area (Å²) in [5.41, 5.74) is 3.62. The number of ether oxygens (including phenoxy) is 2. The average Bonchev–Trinajstić information content (AvgIpc) is 3.44. The van der Waals surface area contributed by atoms with Gasteiger partial charge in [-0.1, -0.05) is 6.07 Å². The molecule has 0 aliphatic heterocycles. The van der Waals surface area contributed by atoms with Crippen LogP contribution in [0.15, 0.2) is 47.1 Å². The van der Waals surface area contributed by atoms with E-state index < -0.39 is 0 Å². The zero-order chi connectivity index (χ0) is 22.8. The number of aromatic nitrogens is 3. The molecule has 4 aromatic rings. The molecule has 0 saturated heterocycles. The molecule has 1 amide bonds. The lowest BCUT2D eigenvalue weighted by Crippen LogP contribution is -2.29. The number of carbonyl (C=O) groups is 1. The molecule has 166 valence electrons. The Morgan fingerprint density at radius 3 is 2.62 bits per heavy atom. The number of aryl methyl sites for hydroxylation is 2. The van der Waals surface area contributed by atoms with Gasteiger partial charge in [0.25, 0.3) is 5.91 Å². The number of rotatable bonds is 7. The van der Waals surface area contributed by atoms with Gasteiger partial charge in [-0.05, 0) is 49.2 Å². The Hall–Kier alpha value is -3.81. The molecular formula is C24H26N4O4. The van der Waals surface area contributed by atoms with E-state index in [-0.39, 0.29) is 5.91 Å². The molecule has 0 spiro atoms. The maximum absolute atomic E-state index is 13.5. The van der Waals surface area contributed by atoms with Crippen molar-refractivity contribution in [3.8, 4) is 23.0 Å². The molecule has 1 aromatic carbocycles. The van der Waals surface area contributed by atoms with Gasteiger partial charge in [-0.2, -0.15) is 5.10 Å². The van der Waals surface area contributed by atoms with E-state index >= 15 is 0 Å². The predicted molar refractivity (Wildman–Crippen MR) is 121 cm³/mol. The fourth-order valence-electron chi connectivity index (χ4n) is 3.80. The highest BCUT2D eigenvalue weighted by molar-refractivity contribution is 6.07. The highest BCUT2D eigenvalue weighted by atomic mass is 16.5. The molecule has 4 rings (SSSR count). The number of methoxy groups -OCH3 is 2. The first kappa shape index (κ1) is 21.4. The Morgan fingerprint density at radius 2 is 1.94 bits per heavy atom. The SMILES string of the molecule is COc1ccc(CCN(C)C(=O)c2cc(-c3ccco3)nc3c2c(C)nn3C)cc1OC. The summed E-state index contributed by atoms with van der Waals surface area (Å²) in [5.74, 6) is 1.86. The Morgan fingerprint density at radius 1 is 1.16 bits per heavy atom. The van der Waals surface area contributed by atoms with Crippen LogP contribution in [-0.4, -0.2) is 53.4 Å². The van der Waals surface area contributed by atoms with Gasteiger partial charge in [0.1, 0.15) is 5.69 Å². The first-order valence-electron chi connectivity index (χ1n) is 10.3. The number of fused-ring (bicyclic) bond motifs is 1. The zero-order valence-electron chi connectivity index (χ0n) is 18.9. The van der Waals surface area contributed by atoms with E-state index in [1.807, 2.05) is 38.2 Å². The van der Waals surface area contributed by atoms with Gasteiger partial charge in [0, 0.05) is 20.6 Å². The summed E-state index contributed by atoms with van der Waals surface area (Å²) >= 11 is 0. The van der Waals surface area contributed by atoms with E-state index in [9.17, 15) is 4.79 Å². The highest BCUT2D eigenvalue weighted by Crippen LogP contribution is 2.29. The first-order valence-corrected chi connectivity index (χ1v) is 10.3. The van der Waals surface area contributed by atoms with Gasteiger partial charge in [0.2, 0.25) is 0 Å². The molecule has 0 unspecified atom stereocenters. The van der Waals surface area contributed by atoms with Crippen LogP contribution in [0.1, 0.15) is 21.6 Å². The summed E-state index contributed by atoms with van der Waals surface area (Å²) in [6, 6.07) is 11.2. The number of amides is 1. The molecular weight excluding hydrogens is 408 g/mol. The van der Waals surface area contributed by atoms with Crippen LogP contribution in [-0.2, 0) is 13.5 Å². The molecule has 8 nitrogen and oxygen atoms in total. The van der Waals surface area contributed by atoms with Crippen molar-refractivity contribution in [1.29, 1.82) is 0 Å². The molecule has 0 atom stereocenters. The topological polar surface area (TPSA) is 82.6 Å². The van der Waals surface area contributed by atoms with Gasteiger partial charge in [0.15, 0.2) is 22.9 Å². The number of carbonyl (C=O) groups excluding carboxylic acids is 1. The second kappa shape index (κ2) is 8.74. The van der Waals surface area contributed by atoms with E-state index in [1.165, 1.54) is 0 Å². The lowest BCUT2D eigenvalue weighted by molar-refractivity contribution is 0.0798. The summed E-state index contributed by atoms with van der Waals surface area (Å²) in [4.78, 5) is 19.9. The molecule has 0 saturated carbocycles. The average molecular weight is 434 g/mol. The number of likely N-dealkylation sites (N-methyl/N-ethyl adjacent to an activating group) is 1. The lowest BCUT2D eigenvalue weighted by atomic mass is 10.1. The lowest BCUT2D eigenvalue weighted by Gasteiger charge is -2.19. The molecule has 3 aromatic heterocycles. The van der Waals surface area contributed by atoms with Gasteiger partial charge >= 0.3 is 0 Å². The van der Waals surface area contributed by atoms with Crippen molar-refractivity contribution in [2.75, 3.05) is 27.8 Å². The molecule has 0 radical (unpaired) electrons. The quantitative estimate of drug-likeness (QED) is 0.439. The van der Waals surface area contributed by atoms with Gasteiger partial charge in [-0.3, -0.25) is 9.48 Å². The third-order valence-electron chi connectivity index (χ3n) is 5.50. The fourth-order valence-corrected chi connectivity index (χ4v) is 3.80. The minimum absolute atomic E-state index is 0.0956. The van der Waals surface area contributed by atoms with Crippen LogP contribution < -0.4 is 9.47 Å². The van der Waals surface area contributed by atoms with Crippen LogP contribution in [0, 0.1) is 6.92 Å². The molecule has 0 aliphatic carbocycles. The van der Waals surface area contributed by atoms with Gasteiger partial charge in [0.05, 0.1) is 37.1 Å². The van der Waals surface area contributed by atoms with Gasteiger partial charge in [-0.15, -0.1) is 0 Å². The monoisotopic (exact) mass is 434 g/mol. The second-order valence-electron chi connectivity index (χ2n) is 7.61. The normalized spacial score (nSPS) is 11.0. The van der Waals surface area contributed by atoms with Crippen molar-refractivity contribution in [2.45, 2.75) is 13.3 Å². The Kier molecular flexibility index (Phi) is 5.85. The third-order valence-corrected chi connectivity index (χ3v) is 5.50. The molecule has 8 heteroatoms. The van der Waals surface area contributed by atoms with Crippen molar-refractivity contribution in [3.63, 3.8) is 0 Å². The van der Waals surface area contributed by atoms with Crippen LogP contribution in [0.25, 0.3) is 22.5 Å². The van der Waals surface area contributed by atoms with E-state index in [0.29, 0.717) is 47.1 Å². The van der Waals surface area contributed by atoms with E-state index in [1.54, 1.807) is 49.2 Å². The number of nitrogens with zero attached hydrogens (tertiary/aromatic N) is 4. The van der Waals surface area contributed by atoms with Crippen LogP contribution in [0.2, 0.25) is 0 Å². The molecule has 0 aliphatic rings. The maximum atomic E-state index is 13.5. The van der Waals surface area contributed by atoms with E-state index in [0.717, 1.165) is 16.6 Å². The first-order chi connectivity index (χ1) is 15.4. The third kappa shape index (κ3) is 3.91. The largest absolute Gasteiger partial charge is 0.493 e. The van der Waals surface area contributed by atoms with Crippen LogP contribution in [0.3, 0.4) is 0 Å². The smallest absolute Gasteiger partial charge is 0.254 e. The number of pyridine rings is 1. The Labute approximate surface area is 186 Å². The summed E-state index contributed by atoms with van der Waals surface area (Å²) in [5, 5.41) is 5.23. The number of furan rings is 1. The minimum atomic E-state index is -0.0956. The summed E-state index contributed by atoms with van der Waals surface area (Å²) in [6.45, 7) is 2.42. The molecule has 0 N–H and O–H groups in total. The molecule has 3 heterocycles. The van der Waals surface area contributed by atoms with E-state index in [2.05, 4.69) is 10.1 Å². The fraction of sp³-hybridized carbons (Fsp3) is 0.292. The molecule has 0 fully saturated rings. The maximum Gasteiger partial charge on any atom is 0.254 e. The highest BCUT2D eigenvalue weighted by Gasteiger charge is 2.22. The summed E-state index contributed by atoms with van der Waals surface area (Å²) in [7, 11) is 6.84. The van der Waals surface area contributed by atoms with Crippen LogP contribution >= 0.6 is 0 Å². The molecule has 0 bridgehead atoms. The van der Waals surface area contributed by atoms with Crippen LogP contribution in [0.5, 0.6) is 11.5 Å².